The van der Waals surface area contributed by atoms with Crippen LogP contribution in [0.3, 0.4) is 0 Å². The Morgan fingerprint density at radius 3 is 2.58 bits per heavy atom. The molecule has 0 unspecified atom stereocenters. The second-order valence-corrected chi connectivity index (χ2v) is 4.44. The number of furan rings is 1. The van der Waals surface area contributed by atoms with Crippen LogP contribution in [-0.4, -0.2) is 7.11 Å². The number of ether oxygens (including phenoxy) is 2. The highest BCUT2D eigenvalue weighted by Gasteiger charge is 2.09. The molecule has 4 heteroatoms. The minimum atomic E-state index is 0.361. The molecule has 0 aliphatic carbocycles. The van der Waals surface area contributed by atoms with Crippen molar-refractivity contribution in [2.45, 2.75) is 27.0 Å². The summed E-state index contributed by atoms with van der Waals surface area (Å²) in [5, 5.41) is 0. The Kier molecular flexibility index (Phi) is 4.12. The molecule has 1 aromatic carbocycles. The zero-order valence-electron chi connectivity index (χ0n) is 11.5. The molecule has 1 aromatic heterocycles. The Morgan fingerprint density at radius 1 is 1.16 bits per heavy atom. The van der Waals surface area contributed by atoms with Gasteiger partial charge in [-0.3, -0.25) is 0 Å². The Morgan fingerprint density at radius 2 is 1.95 bits per heavy atom. The van der Waals surface area contributed by atoms with Gasteiger partial charge in [0.25, 0.3) is 0 Å². The third kappa shape index (κ3) is 3.09. The highest BCUT2D eigenvalue weighted by Crippen LogP contribution is 2.28. The topological polar surface area (TPSA) is 57.6 Å². The summed E-state index contributed by atoms with van der Waals surface area (Å²) in [7, 11) is 1.63. The quantitative estimate of drug-likeness (QED) is 0.899. The van der Waals surface area contributed by atoms with Crippen LogP contribution in [0.4, 0.5) is 0 Å². The molecule has 0 saturated heterocycles. The maximum absolute atomic E-state index is 5.72. The van der Waals surface area contributed by atoms with E-state index in [0.717, 1.165) is 28.4 Å². The van der Waals surface area contributed by atoms with E-state index in [9.17, 15) is 0 Å². The lowest BCUT2D eigenvalue weighted by Crippen LogP contribution is -1.97. The van der Waals surface area contributed by atoms with Crippen molar-refractivity contribution in [3.63, 3.8) is 0 Å². The molecule has 2 N–H and O–H groups in total. The number of hydrogen-bond donors (Lipinski definition) is 1. The van der Waals surface area contributed by atoms with Crippen LogP contribution in [0.2, 0.25) is 0 Å². The Hall–Kier alpha value is -1.94. The highest BCUT2D eigenvalue weighted by molar-refractivity contribution is 5.42. The molecule has 0 radical (unpaired) electrons. The first-order chi connectivity index (χ1) is 9.13. The van der Waals surface area contributed by atoms with Gasteiger partial charge in [-0.2, -0.15) is 0 Å². The molecule has 0 aliphatic rings. The molecule has 0 spiro atoms. The molecule has 102 valence electrons. The van der Waals surface area contributed by atoms with E-state index >= 15 is 0 Å². The molecule has 0 aliphatic heterocycles. The van der Waals surface area contributed by atoms with E-state index in [-0.39, 0.29) is 0 Å². The minimum absolute atomic E-state index is 0.361. The molecular formula is C15H19NO3. The zero-order valence-corrected chi connectivity index (χ0v) is 11.5. The third-order valence-electron chi connectivity index (χ3n) is 2.98. The standard InChI is InChI=1S/C15H19NO3/c1-10-4-5-14(15(6-10)17-3)18-9-13-7-12(8-16)11(2)19-13/h4-7H,8-9,16H2,1-3H3. The van der Waals surface area contributed by atoms with Crippen LogP contribution in [0.5, 0.6) is 11.5 Å². The molecule has 0 fully saturated rings. The summed E-state index contributed by atoms with van der Waals surface area (Å²) < 4.78 is 16.6. The normalized spacial score (nSPS) is 10.5. The molecule has 0 bridgehead atoms. The fourth-order valence-electron chi connectivity index (χ4n) is 1.90. The summed E-state index contributed by atoms with van der Waals surface area (Å²) >= 11 is 0. The molecule has 4 nitrogen and oxygen atoms in total. The van der Waals surface area contributed by atoms with Crippen molar-refractivity contribution in [3.8, 4) is 11.5 Å². The van der Waals surface area contributed by atoms with E-state index in [1.54, 1.807) is 7.11 Å². The average Bonchev–Trinajstić information content (AvgIpc) is 2.77. The number of methoxy groups -OCH3 is 1. The molecule has 0 atom stereocenters. The summed E-state index contributed by atoms with van der Waals surface area (Å²) in [4.78, 5) is 0. The monoisotopic (exact) mass is 261 g/mol. The summed E-state index contributed by atoms with van der Waals surface area (Å²) in [6, 6.07) is 7.74. The highest BCUT2D eigenvalue weighted by atomic mass is 16.5. The molecular weight excluding hydrogens is 242 g/mol. The van der Waals surface area contributed by atoms with Gasteiger partial charge in [0, 0.05) is 12.1 Å². The van der Waals surface area contributed by atoms with Gasteiger partial charge < -0.3 is 19.6 Å². The van der Waals surface area contributed by atoms with Crippen LogP contribution in [0.15, 0.2) is 28.7 Å². The van der Waals surface area contributed by atoms with Gasteiger partial charge in [0.1, 0.15) is 18.1 Å². The molecule has 1 heterocycles. The Balaban J connectivity index is 2.09. The molecule has 2 rings (SSSR count). The van der Waals surface area contributed by atoms with E-state index in [0.29, 0.717) is 18.9 Å². The van der Waals surface area contributed by atoms with Crippen molar-refractivity contribution < 1.29 is 13.9 Å². The van der Waals surface area contributed by atoms with Crippen molar-refractivity contribution >= 4 is 0 Å². The smallest absolute Gasteiger partial charge is 0.161 e. The first-order valence-corrected chi connectivity index (χ1v) is 6.19. The Bertz CT molecular complexity index is 561. The second-order valence-electron chi connectivity index (χ2n) is 4.44. The fraction of sp³-hybridized carbons (Fsp3) is 0.333. The first-order valence-electron chi connectivity index (χ1n) is 6.19. The maximum Gasteiger partial charge on any atom is 0.161 e. The average molecular weight is 261 g/mol. The summed E-state index contributed by atoms with van der Waals surface area (Å²) in [6.07, 6.45) is 0. The number of nitrogens with two attached hydrogens (primary N) is 1. The maximum atomic E-state index is 5.72. The number of benzene rings is 1. The van der Waals surface area contributed by atoms with E-state index < -0.39 is 0 Å². The van der Waals surface area contributed by atoms with Crippen LogP contribution in [0.1, 0.15) is 22.6 Å². The zero-order chi connectivity index (χ0) is 13.8. The predicted molar refractivity (Wildman–Crippen MR) is 73.4 cm³/mol. The van der Waals surface area contributed by atoms with Crippen LogP contribution in [0.25, 0.3) is 0 Å². The van der Waals surface area contributed by atoms with Crippen LogP contribution in [0, 0.1) is 13.8 Å². The third-order valence-corrected chi connectivity index (χ3v) is 2.98. The Labute approximate surface area is 113 Å². The summed E-state index contributed by atoms with van der Waals surface area (Å²) in [6.45, 7) is 4.75. The van der Waals surface area contributed by atoms with Crippen molar-refractivity contribution in [3.05, 3.63) is 46.9 Å². The lowest BCUT2D eigenvalue weighted by Gasteiger charge is -2.10. The van der Waals surface area contributed by atoms with Gasteiger partial charge in [0.05, 0.1) is 7.11 Å². The predicted octanol–water partition coefficient (Wildman–Crippen LogP) is 2.94. The van der Waals surface area contributed by atoms with Gasteiger partial charge in [-0.1, -0.05) is 6.07 Å². The largest absolute Gasteiger partial charge is 0.493 e. The molecule has 0 saturated carbocycles. The molecule has 0 amide bonds. The van der Waals surface area contributed by atoms with Crippen molar-refractivity contribution in [2.24, 2.45) is 5.73 Å². The van der Waals surface area contributed by atoms with Crippen molar-refractivity contribution in [2.75, 3.05) is 7.11 Å². The number of rotatable bonds is 5. The first kappa shape index (κ1) is 13.5. The van der Waals surface area contributed by atoms with E-state index in [1.807, 2.05) is 38.1 Å². The van der Waals surface area contributed by atoms with Gasteiger partial charge in [0.2, 0.25) is 0 Å². The van der Waals surface area contributed by atoms with Crippen molar-refractivity contribution in [1.29, 1.82) is 0 Å². The second kappa shape index (κ2) is 5.80. The fourth-order valence-corrected chi connectivity index (χ4v) is 1.90. The minimum Gasteiger partial charge on any atom is -0.493 e. The number of aryl methyl sites for hydroxylation is 2. The lowest BCUT2D eigenvalue weighted by molar-refractivity contribution is 0.254. The van der Waals surface area contributed by atoms with Crippen LogP contribution in [-0.2, 0) is 13.2 Å². The lowest BCUT2D eigenvalue weighted by atomic mass is 10.2. The van der Waals surface area contributed by atoms with Crippen LogP contribution < -0.4 is 15.2 Å². The summed E-state index contributed by atoms with van der Waals surface area (Å²) in [5.41, 5.74) is 7.75. The summed E-state index contributed by atoms with van der Waals surface area (Å²) in [5.74, 6) is 3.04. The van der Waals surface area contributed by atoms with E-state index in [1.165, 1.54) is 0 Å². The number of hydrogen-bond acceptors (Lipinski definition) is 4. The van der Waals surface area contributed by atoms with Crippen molar-refractivity contribution in [1.82, 2.24) is 0 Å². The van der Waals surface area contributed by atoms with Crippen LogP contribution >= 0.6 is 0 Å². The van der Waals surface area contributed by atoms with Gasteiger partial charge >= 0.3 is 0 Å². The van der Waals surface area contributed by atoms with Gasteiger partial charge in [-0.25, -0.2) is 0 Å². The van der Waals surface area contributed by atoms with Gasteiger partial charge in [0.15, 0.2) is 11.5 Å². The molecule has 19 heavy (non-hydrogen) atoms. The van der Waals surface area contributed by atoms with Gasteiger partial charge in [-0.15, -0.1) is 0 Å². The van der Waals surface area contributed by atoms with E-state index in [2.05, 4.69) is 0 Å². The van der Waals surface area contributed by atoms with E-state index in [4.69, 9.17) is 19.6 Å². The SMILES string of the molecule is COc1cc(C)ccc1OCc1cc(CN)c(C)o1. The van der Waals surface area contributed by atoms with Gasteiger partial charge in [-0.05, 0) is 37.6 Å². The molecule has 2 aromatic rings.